The lowest BCUT2D eigenvalue weighted by Crippen LogP contribution is -2.06. The minimum atomic E-state index is -0.598. The van der Waals surface area contributed by atoms with Crippen molar-refractivity contribution in [3.05, 3.63) is 52.2 Å². The third-order valence-electron chi connectivity index (χ3n) is 4.05. The van der Waals surface area contributed by atoms with E-state index >= 15 is 0 Å². The number of benzene rings is 2. The quantitative estimate of drug-likeness (QED) is 0.540. The van der Waals surface area contributed by atoms with Crippen LogP contribution in [0.2, 0.25) is 5.02 Å². The SMILES string of the molecule is COc1ccc(C2=NC(=Cc3ccc(OC)c(OC)c3OC)C(=O)O2)c(Cl)c1. The fourth-order valence-electron chi connectivity index (χ4n) is 2.71. The highest BCUT2D eigenvalue weighted by Crippen LogP contribution is 2.41. The molecule has 0 amide bonds. The molecule has 1 aliphatic rings. The van der Waals surface area contributed by atoms with E-state index < -0.39 is 5.97 Å². The highest BCUT2D eigenvalue weighted by molar-refractivity contribution is 6.34. The Kier molecular flexibility index (Phi) is 5.75. The summed E-state index contributed by atoms with van der Waals surface area (Å²) in [5, 5.41) is 0.357. The predicted molar refractivity (Wildman–Crippen MR) is 105 cm³/mol. The van der Waals surface area contributed by atoms with Gasteiger partial charge in [0.1, 0.15) is 5.75 Å². The second-order valence-electron chi connectivity index (χ2n) is 5.61. The Balaban J connectivity index is 2.03. The molecule has 146 valence electrons. The van der Waals surface area contributed by atoms with Gasteiger partial charge in [-0.3, -0.25) is 0 Å². The van der Waals surface area contributed by atoms with E-state index in [1.54, 1.807) is 36.4 Å². The Bertz CT molecular complexity index is 983. The summed E-state index contributed by atoms with van der Waals surface area (Å²) in [6.07, 6.45) is 1.55. The van der Waals surface area contributed by atoms with Gasteiger partial charge in [0, 0.05) is 5.56 Å². The van der Waals surface area contributed by atoms with Crippen LogP contribution in [0, 0.1) is 0 Å². The molecule has 0 radical (unpaired) electrons. The second kappa shape index (κ2) is 8.22. The zero-order valence-electron chi connectivity index (χ0n) is 15.7. The minimum Gasteiger partial charge on any atom is -0.497 e. The number of carbonyl (C=O) groups is 1. The van der Waals surface area contributed by atoms with Crippen LogP contribution in [0.3, 0.4) is 0 Å². The molecule has 0 saturated heterocycles. The first-order valence-electron chi connectivity index (χ1n) is 8.17. The van der Waals surface area contributed by atoms with Crippen LogP contribution in [0.25, 0.3) is 6.08 Å². The van der Waals surface area contributed by atoms with Crippen LogP contribution in [0.1, 0.15) is 11.1 Å². The molecule has 0 spiro atoms. The van der Waals surface area contributed by atoms with E-state index in [0.717, 1.165) is 0 Å². The van der Waals surface area contributed by atoms with Crippen LogP contribution in [-0.2, 0) is 9.53 Å². The maximum Gasteiger partial charge on any atom is 0.363 e. The number of carbonyl (C=O) groups excluding carboxylic acids is 1. The number of aliphatic imine (C=N–C) groups is 1. The zero-order chi connectivity index (χ0) is 20.3. The lowest BCUT2D eigenvalue weighted by Gasteiger charge is -2.14. The third-order valence-corrected chi connectivity index (χ3v) is 4.37. The first-order valence-corrected chi connectivity index (χ1v) is 8.55. The molecule has 0 N–H and O–H groups in total. The Hall–Kier alpha value is -3.19. The van der Waals surface area contributed by atoms with Gasteiger partial charge in [0.25, 0.3) is 0 Å². The average Bonchev–Trinajstić information content (AvgIpc) is 3.07. The summed E-state index contributed by atoms with van der Waals surface area (Å²) in [6.45, 7) is 0. The van der Waals surface area contributed by atoms with Crippen LogP contribution in [-0.4, -0.2) is 40.3 Å². The van der Waals surface area contributed by atoms with Gasteiger partial charge in [0.2, 0.25) is 11.6 Å². The maximum absolute atomic E-state index is 12.3. The summed E-state index contributed by atoms with van der Waals surface area (Å²) >= 11 is 6.24. The number of ether oxygens (including phenoxy) is 5. The molecule has 1 heterocycles. The van der Waals surface area contributed by atoms with Gasteiger partial charge in [0.15, 0.2) is 17.2 Å². The van der Waals surface area contributed by atoms with E-state index in [9.17, 15) is 4.79 Å². The van der Waals surface area contributed by atoms with Crippen molar-refractivity contribution in [2.24, 2.45) is 4.99 Å². The lowest BCUT2D eigenvalue weighted by atomic mass is 10.1. The number of esters is 1. The van der Waals surface area contributed by atoms with Gasteiger partial charge in [-0.25, -0.2) is 9.79 Å². The summed E-state index contributed by atoms with van der Waals surface area (Å²) < 4.78 is 26.4. The van der Waals surface area contributed by atoms with Crippen LogP contribution < -0.4 is 18.9 Å². The average molecular weight is 404 g/mol. The Morgan fingerprint density at radius 3 is 2.32 bits per heavy atom. The van der Waals surface area contributed by atoms with Gasteiger partial charge in [-0.1, -0.05) is 11.6 Å². The van der Waals surface area contributed by atoms with Crippen molar-refractivity contribution in [1.82, 2.24) is 0 Å². The Morgan fingerprint density at radius 1 is 0.964 bits per heavy atom. The number of hydrogen-bond donors (Lipinski definition) is 0. The smallest absolute Gasteiger partial charge is 0.363 e. The van der Waals surface area contributed by atoms with Gasteiger partial charge < -0.3 is 23.7 Å². The molecule has 0 atom stereocenters. The van der Waals surface area contributed by atoms with Gasteiger partial charge >= 0.3 is 5.97 Å². The molecule has 7 nitrogen and oxygen atoms in total. The number of methoxy groups -OCH3 is 4. The van der Waals surface area contributed by atoms with Crippen molar-refractivity contribution in [2.75, 3.05) is 28.4 Å². The summed E-state index contributed by atoms with van der Waals surface area (Å²) in [4.78, 5) is 16.6. The molecule has 2 aromatic carbocycles. The highest BCUT2D eigenvalue weighted by Gasteiger charge is 2.27. The predicted octanol–water partition coefficient (Wildman–Crippen LogP) is 3.72. The zero-order valence-corrected chi connectivity index (χ0v) is 16.5. The largest absolute Gasteiger partial charge is 0.497 e. The molecular formula is C20H18ClNO6. The van der Waals surface area contributed by atoms with Crippen molar-refractivity contribution < 1.29 is 28.5 Å². The molecule has 0 aliphatic carbocycles. The van der Waals surface area contributed by atoms with E-state index in [4.69, 9.17) is 35.3 Å². The molecule has 3 rings (SSSR count). The van der Waals surface area contributed by atoms with Gasteiger partial charge in [0.05, 0.1) is 39.0 Å². The van der Waals surface area contributed by atoms with Crippen molar-refractivity contribution in [3.8, 4) is 23.0 Å². The van der Waals surface area contributed by atoms with Crippen LogP contribution >= 0.6 is 11.6 Å². The molecular weight excluding hydrogens is 386 g/mol. The Labute approximate surface area is 167 Å². The van der Waals surface area contributed by atoms with Crippen LogP contribution in [0.15, 0.2) is 41.0 Å². The molecule has 8 heteroatoms. The summed E-state index contributed by atoms with van der Waals surface area (Å²) in [7, 11) is 6.07. The number of rotatable bonds is 6. The molecule has 28 heavy (non-hydrogen) atoms. The van der Waals surface area contributed by atoms with E-state index in [-0.39, 0.29) is 11.6 Å². The first kappa shape index (κ1) is 19.6. The minimum absolute atomic E-state index is 0.104. The highest BCUT2D eigenvalue weighted by atomic mass is 35.5. The fourth-order valence-corrected chi connectivity index (χ4v) is 2.96. The number of halogens is 1. The van der Waals surface area contributed by atoms with Crippen molar-refractivity contribution in [3.63, 3.8) is 0 Å². The topological polar surface area (TPSA) is 75.6 Å². The summed E-state index contributed by atoms with van der Waals surface area (Å²) in [6, 6.07) is 8.43. The summed E-state index contributed by atoms with van der Waals surface area (Å²) in [5.41, 5.74) is 1.17. The molecule has 0 unspecified atom stereocenters. The van der Waals surface area contributed by atoms with Gasteiger partial charge in [-0.2, -0.15) is 0 Å². The van der Waals surface area contributed by atoms with Gasteiger partial charge in [-0.05, 0) is 36.4 Å². The first-order chi connectivity index (χ1) is 13.5. The van der Waals surface area contributed by atoms with E-state index in [0.29, 0.717) is 39.1 Å². The monoisotopic (exact) mass is 403 g/mol. The van der Waals surface area contributed by atoms with Crippen molar-refractivity contribution in [2.45, 2.75) is 0 Å². The van der Waals surface area contributed by atoms with Crippen LogP contribution in [0.5, 0.6) is 23.0 Å². The molecule has 2 aromatic rings. The normalized spacial score (nSPS) is 14.5. The molecule has 0 fully saturated rings. The fraction of sp³-hybridized carbons (Fsp3) is 0.200. The second-order valence-corrected chi connectivity index (χ2v) is 6.01. The number of hydrogen-bond acceptors (Lipinski definition) is 7. The molecule has 0 saturated carbocycles. The standard InChI is InChI=1S/C20H18ClNO6/c1-24-12-6-7-13(14(21)10-12)19-22-15(20(23)28-19)9-11-5-8-16(25-2)18(27-4)17(11)26-3/h5-10H,1-4H3. The van der Waals surface area contributed by atoms with Crippen molar-refractivity contribution >= 4 is 29.5 Å². The molecule has 0 aromatic heterocycles. The molecule has 0 bridgehead atoms. The number of cyclic esters (lactones) is 1. The molecule has 1 aliphatic heterocycles. The third kappa shape index (κ3) is 3.61. The number of nitrogens with zero attached hydrogens (tertiary/aromatic N) is 1. The van der Waals surface area contributed by atoms with Gasteiger partial charge in [-0.15, -0.1) is 0 Å². The van der Waals surface area contributed by atoms with Crippen molar-refractivity contribution in [1.29, 1.82) is 0 Å². The van der Waals surface area contributed by atoms with Crippen LogP contribution in [0.4, 0.5) is 0 Å². The van der Waals surface area contributed by atoms with E-state index in [1.165, 1.54) is 28.4 Å². The summed E-state index contributed by atoms with van der Waals surface area (Å²) in [5.74, 6) is 1.43. The maximum atomic E-state index is 12.3. The lowest BCUT2D eigenvalue weighted by molar-refractivity contribution is -0.129. The van der Waals surface area contributed by atoms with E-state index in [2.05, 4.69) is 4.99 Å². The van der Waals surface area contributed by atoms with E-state index in [1.807, 2.05) is 0 Å². The Morgan fingerprint density at radius 2 is 1.71 bits per heavy atom.